The molecular formula is C21H18N2OS. The highest BCUT2D eigenvalue weighted by Crippen LogP contribution is 2.36. The molecule has 4 heteroatoms. The summed E-state index contributed by atoms with van der Waals surface area (Å²) in [6.07, 6.45) is 1.82. The normalized spacial score (nSPS) is 16.3. The molecule has 3 nitrogen and oxygen atoms in total. The maximum absolute atomic E-state index is 13.2. The molecule has 0 radical (unpaired) electrons. The maximum atomic E-state index is 13.2. The summed E-state index contributed by atoms with van der Waals surface area (Å²) in [5.74, 6) is 0.0134. The number of amides is 1. The zero-order valence-electron chi connectivity index (χ0n) is 13.8. The Morgan fingerprint density at radius 1 is 0.880 bits per heavy atom. The minimum absolute atomic E-state index is 0.0134. The predicted octanol–water partition coefficient (Wildman–Crippen LogP) is 5.18. The summed E-state index contributed by atoms with van der Waals surface area (Å²) in [7, 11) is 0. The Labute approximate surface area is 151 Å². The van der Waals surface area contributed by atoms with Crippen LogP contribution in [-0.4, -0.2) is 12.2 Å². The van der Waals surface area contributed by atoms with Gasteiger partial charge in [0.25, 0.3) is 5.91 Å². The van der Waals surface area contributed by atoms with Crippen molar-refractivity contribution in [2.24, 2.45) is 0 Å². The number of nitrogens with one attached hydrogen (secondary N) is 1. The van der Waals surface area contributed by atoms with E-state index in [0.717, 1.165) is 16.9 Å². The van der Waals surface area contributed by atoms with Crippen molar-refractivity contribution in [3.8, 4) is 0 Å². The van der Waals surface area contributed by atoms with Crippen molar-refractivity contribution in [2.75, 3.05) is 16.5 Å². The first-order valence-corrected chi connectivity index (χ1v) is 9.38. The van der Waals surface area contributed by atoms with Crippen LogP contribution in [0.15, 0.2) is 83.8 Å². The molecule has 1 atom stereocenters. The smallest absolute Gasteiger partial charge is 0.262 e. The zero-order chi connectivity index (χ0) is 17.2. The standard InChI is InChI=1S/C21H18N2OS/c1-25-17-13-11-15(12-14-17)20-22-19-10-6-5-9-18(19)21(24)23(20)16-7-3-2-4-8-16/h2-14,20,22H,1H3/t20-/m0/s1. The second kappa shape index (κ2) is 6.65. The molecule has 1 heterocycles. The van der Waals surface area contributed by atoms with Crippen LogP contribution in [0.4, 0.5) is 11.4 Å². The molecule has 1 amide bonds. The average Bonchev–Trinajstić information content (AvgIpc) is 2.69. The largest absolute Gasteiger partial charge is 0.360 e. The SMILES string of the molecule is CSc1ccc([C@H]2Nc3ccccc3C(=O)N2c2ccccc2)cc1. The number of thioether (sulfide) groups is 1. The van der Waals surface area contributed by atoms with Gasteiger partial charge in [-0.05, 0) is 48.2 Å². The molecule has 0 bridgehead atoms. The van der Waals surface area contributed by atoms with Crippen molar-refractivity contribution in [3.63, 3.8) is 0 Å². The number of carbonyl (C=O) groups excluding carboxylic acids is 1. The van der Waals surface area contributed by atoms with E-state index in [0.29, 0.717) is 5.56 Å². The first-order valence-electron chi connectivity index (χ1n) is 8.16. The monoisotopic (exact) mass is 346 g/mol. The van der Waals surface area contributed by atoms with Gasteiger partial charge in [-0.25, -0.2) is 0 Å². The Bertz CT molecular complexity index is 893. The van der Waals surface area contributed by atoms with Crippen LogP contribution < -0.4 is 10.2 Å². The maximum Gasteiger partial charge on any atom is 0.262 e. The van der Waals surface area contributed by atoms with Crippen molar-refractivity contribution in [2.45, 2.75) is 11.1 Å². The molecule has 3 aromatic rings. The lowest BCUT2D eigenvalue weighted by molar-refractivity contribution is 0.0975. The van der Waals surface area contributed by atoms with Crippen LogP contribution in [0.5, 0.6) is 0 Å². The molecule has 3 aromatic carbocycles. The summed E-state index contributed by atoms with van der Waals surface area (Å²) >= 11 is 1.71. The van der Waals surface area contributed by atoms with Gasteiger partial charge in [0, 0.05) is 16.3 Å². The fraction of sp³-hybridized carbons (Fsp3) is 0.0952. The van der Waals surface area contributed by atoms with E-state index in [4.69, 9.17) is 0 Å². The Morgan fingerprint density at radius 3 is 2.28 bits per heavy atom. The van der Waals surface area contributed by atoms with Crippen molar-refractivity contribution in [1.29, 1.82) is 0 Å². The Hall–Kier alpha value is -2.72. The van der Waals surface area contributed by atoms with Gasteiger partial charge in [-0.15, -0.1) is 11.8 Å². The summed E-state index contributed by atoms with van der Waals surface area (Å²) in [4.78, 5) is 16.2. The van der Waals surface area contributed by atoms with E-state index in [1.165, 1.54) is 4.90 Å². The lowest BCUT2D eigenvalue weighted by Crippen LogP contribution is -2.43. The third kappa shape index (κ3) is 2.89. The summed E-state index contributed by atoms with van der Waals surface area (Å²) in [6, 6.07) is 25.8. The number of benzene rings is 3. The van der Waals surface area contributed by atoms with Gasteiger partial charge in [0.05, 0.1) is 5.56 Å². The van der Waals surface area contributed by atoms with Crippen LogP contribution in [0.25, 0.3) is 0 Å². The first-order chi connectivity index (χ1) is 12.3. The molecule has 0 unspecified atom stereocenters. The molecule has 1 aliphatic heterocycles. The number of rotatable bonds is 3. The molecule has 0 saturated heterocycles. The molecular weight excluding hydrogens is 328 g/mol. The highest BCUT2D eigenvalue weighted by molar-refractivity contribution is 7.98. The van der Waals surface area contributed by atoms with Crippen molar-refractivity contribution < 1.29 is 4.79 Å². The number of hydrogen-bond donors (Lipinski definition) is 1. The summed E-state index contributed by atoms with van der Waals surface area (Å²) in [5, 5.41) is 3.53. The second-order valence-electron chi connectivity index (χ2n) is 5.88. The minimum Gasteiger partial charge on any atom is -0.360 e. The van der Waals surface area contributed by atoms with Gasteiger partial charge < -0.3 is 5.32 Å². The van der Waals surface area contributed by atoms with Gasteiger partial charge >= 0.3 is 0 Å². The van der Waals surface area contributed by atoms with Gasteiger partial charge in [-0.3, -0.25) is 9.69 Å². The van der Waals surface area contributed by atoms with E-state index in [-0.39, 0.29) is 12.1 Å². The van der Waals surface area contributed by atoms with Gasteiger partial charge in [-0.2, -0.15) is 0 Å². The highest BCUT2D eigenvalue weighted by atomic mass is 32.2. The van der Waals surface area contributed by atoms with Crippen LogP contribution in [0, 0.1) is 0 Å². The summed E-state index contributed by atoms with van der Waals surface area (Å²) < 4.78 is 0. The molecule has 124 valence electrons. The zero-order valence-corrected chi connectivity index (χ0v) is 14.7. The van der Waals surface area contributed by atoms with Crippen LogP contribution in [-0.2, 0) is 0 Å². The molecule has 0 aromatic heterocycles. The predicted molar refractivity (Wildman–Crippen MR) is 104 cm³/mol. The van der Waals surface area contributed by atoms with E-state index in [9.17, 15) is 4.79 Å². The Kier molecular flexibility index (Phi) is 4.20. The molecule has 1 aliphatic rings. The number of carbonyl (C=O) groups is 1. The van der Waals surface area contributed by atoms with Crippen molar-refractivity contribution in [1.82, 2.24) is 0 Å². The van der Waals surface area contributed by atoms with Gasteiger partial charge in [0.1, 0.15) is 6.17 Å². The molecule has 0 saturated carbocycles. The van der Waals surface area contributed by atoms with Crippen LogP contribution >= 0.6 is 11.8 Å². The molecule has 0 spiro atoms. The van der Waals surface area contributed by atoms with Crippen molar-refractivity contribution >= 4 is 29.0 Å². The number of nitrogens with zero attached hydrogens (tertiary/aromatic N) is 1. The van der Waals surface area contributed by atoms with Crippen LogP contribution in [0.3, 0.4) is 0 Å². The number of hydrogen-bond acceptors (Lipinski definition) is 3. The lowest BCUT2D eigenvalue weighted by atomic mass is 10.0. The number of anilines is 2. The highest BCUT2D eigenvalue weighted by Gasteiger charge is 2.33. The van der Waals surface area contributed by atoms with Crippen molar-refractivity contribution in [3.05, 3.63) is 90.0 Å². The van der Waals surface area contributed by atoms with Gasteiger partial charge in [0.15, 0.2) is 0 Å². The molecule has 4 rings (SSSR count). The van der Waals surface area contributed by atoms with E-state index in [1.807, 2.05) is 59.5 Å². The van der Waals surface area contributed by atoms with Gasteiger partial charge in [-0.1, -0.05) is 42.5 Å². The first kappa shape index (κ1) is 15.8. The number of para-hydroxylation sites is 2. The van der Waals surface area contributed by atoms with Gasteiger partial charge in [0.2, 0.25) is 0 Å². The van der Waals surface area contributed by atoms with Crippen LogP contribution in [0.2, 0.25) is 0 Å². The van der Waals surface area contributed by atoms with Crippen LogP contribution in [0.1, 0.15) is 22.1 Å². The third-order valence-corrected chi connectivity index (χ3v) is 5.14. The average molecular weight is 346 g/mol. The van der Waals surface area contributed by atoms with E-state index < -0.39 is 0 Å². The lowest BCUT2D eigenvalue weighted by Gasteiger charge is -2.38. The molecule has 0 fully saturated rings. The quantitative estimate of drug-likeness (QED) is 0.663. The number of fused-ring (bicyclic) bond motifs is 1. The van der Waals surface area contributed by atoms with E-state index in [2.05, 4.69) is 35.8 Å². The second-order valence-corrected chi connectivity index (χ2v) is 6.76. The summed E-state index contributed by atoms with van der Waals surface area (Å²) in [5.41, 5.74) is 3.51. The van der Waals surface area contributed by atoms with E-state index in [1.54, 1.807) is 11.8 Å². The molecule has 0 aliphatic carbocycles. The minimum atomic E-state index is -0.235. The Morgan fingerprint density at radius 2 is 1.56 bits per heavy atom. The molecule has 1 N–H and O–H groups in total. The van der Waals surface area contributed by atoms with E-state index >= 15 is 0 Å². The topological polar surface area (TPSA) is 32.3 Å². The molecule has 25 heavy (non-hydrogen) atoms. The fourth-order valence-corrected chi connectivity index (χ4v) is 3.54. The Balaban J connectivity index is 1.82. The fourth-order valence-electron chi connectivity index (χ4n) is 3.13. The summed E-state index contributed by atoms with van der Waals surface area (Å²) in [6.45, 7) is 0. The third-order valence-electron chi connectivity index (χ3n) is 4.39.